The van der Waals surface area contributed by atoms with Gasteiger partial charge in [0.15, 0.2) is 0 Å². The Morgan fingerprint density at radius 3 is 1.89 bits per heavy atom. The van der Waals surface area contributed by atoms with Crippen molar-refractivity contribution in [2.24, 2.45) is 5.92 Å². The number of fused-ring (bicyclic) bond motifs is 1. The zero-order valence-corrected chi connectivity index (χ0v) is 23.2. The molecule has 1 N–H and O–H groups in total. The maximum absolute atomic E-state index is 10.7. The molecule has 0 bridgehead atoms. The highest BCUT2D eigenvalue weighted by Crippen LogP contribution is 2.58. The first-order valence-corrected chi connectivity index (χ1v) is 12.7. The summed E-state index contributed by atoms with van der Waals surface area (Å²) in [5.41, 5.74) is 6.60. The largest absolute Gasteiger partial charge is 0.386 e. The Bertz CT molecular complexity index is 1260. The zero-order chi connectivity index (χ0) is 27.8. The fraction of sp³-hybridized carbons (Fsp3) is 0.222. The molecule has 0 amide bonds. The van der Waals surface area contributed by atoms with Crippen molar-refractivity contribution in [3.05, 3.63) is 163 Å². The van der Waals surface area contributed by atoms with Crippen molar-refractivity contribution in [2.75, 3.05) is 0 Å². The number of aliphatic hydroxyl groups is 1. The first-order valence-electron chi connectivity index (χ1n) is 12.7. The lowest BCUT2D eigenvalue weighted by Crippen LogP contribution is -2.29. The fourth-order valence-corrected chi connectivity index (χ4v) is 4.76. The molecule has 0 saturated carbocycles. The Morgan fingerprint density at radius 1 is 0.838 bits per heavy atom. The third-order valence-electron chi connectivity index (χ3n) is 7.00. The standard InChI is InChI=1S/C36H42O/c1-11-18-31-32-20-16-17-21-34(32)36(33(31)19-12-2,29(14-4)23-22-27(8)26(6)7)30(15-5)25-24-28(13-3)35(9,10)37/h11-26,37H,1-5H2,6-10H3/b27-22+,28-24+,29-23+,30-25+,31-18?,33-19+. The summed E-state index contributed by atoms with van der Waals surface area (Å²) in [5.74, 6) is 0.424. The van der Waals surface area contributed by atoms with Gasteiger partial charge in [0.25, 0.3) is 0 Å². The molecule has 1 unspecified atom stereocenters. The van der Waals surface area contributed by atoms with Crippen molar-refractivity contribution in [1.82, 2.24) is 0 Å². The average molecular weight is 491 g/mol. The van der Waals surface area contributed by atoms with E-state index < -0.39 is 11.0 Å². The van der Waals surface area contributed by atoms with Gasteiger partial charge in [-0.1, -0.05) is 143 Å². The van der Waals surface area contributed by atoms with E-state index >= 15 is 0 Å². The van der Waals surface area contributed by atoms with Crippen molar-refractivity contribution in [1.29, 1.82) is 0 Å². The highest BCUT2D eigenvalue weighted by molar-refractivity contribution is 5.95. The molecule has 0 aromatic heterocycles. The summed E-state index contributed by atoms with van der Waals surface area (Å²) >= 11 is 0. The van der Waals surface area contributed by atoms with Crippen molar-refractivity contribution in [3.63, 3.8) is 0 Å². The van der Waals surface area contributed by atoms with Gasteiger partial charge in [-0.3, -0.25) is 0 Å². The van der Waals surface area contributed by atoms with Crippen LogP contribution in [0.1, 0.15) is 45.7 Å². The van der Waals surface area contributed by atoms with Crippen molar-refractivity contribution in [2.45, 2.75) is 45.6 Å². The summed E-state index contributed by atoms with van der Waals surface area (Å²) in [7, 11) is 0. The smallest absolute Gasteiger partial charge is 0.0840 e. The quantitative estimate of drug-likeness (QED) is 0.306. The molecule has 0 fully saturated rings. The Balaban J connectivity index is 3.19. The topological polar surface area (TPSA) is 20.2 Å². The van der Waals surface area contributed by atoms with Crippen LogP contribution in [0, 0.1) is 5.92 Å². The molecular weight excluding hydrogens is 448 g/mol. The van der Waals surface area contributed by atoms with E-state index in [0.717, 1.165) is 33.4 Å². The average Bonchev–Trinajstić information content (AvgIpc) is 3.12. The van der Waals surface area contributed by atoms with Crippen LogP contribution in [0.25, 0.3) is 5.57 Å². The van der Waals surface area contributed by atoms with Crippen LogP contribution in [-0.2, 0) is 5.41 Å². The molecule has 1 aromatic rings. The Hall–Kier alpha value is -3.68. The van der Waals surface area contributed by atoms with Crippen LogP contribution >= 0.6 is 0 Å². The lowest BCUT2D eigenvalue weighted by atomic mass is 9.65. The van der Waals surface area contributed by atoms with Crippen LogP contribution in [-0.4, -0.2) is 10.7 Å². The summed E-state index contributed by atoms with van der Waals surface area (Å²) in [5, 5.41) is 10.7. The number of allylic oxidation sites excluding steroid dienone is 15. The highest BCUT2D eigenvalue weighted by atomic mass is 16.3. The van der Waals surface area contributed by atoms with Crippen LogP contribution < -0.4 is 0 Å². The molecule has 0 saturated heterocycles. The van der Waals surface area contributed by atoms with Crippen LogP contribution in [0.5, 0.6) is 0 Å². The van der Waals surface area contributed by atoms with Gasteiger partial charge in [0.2, 0.25) is 0 Å². The molecule has 0 aliphatic heterocycles. The van der Waals surface area contributed by atoms with Crippen molar-refractivity contribution < 1.29 is 5.11 Å². The van der Waals surface area contributed by atoms with Gasteiger partial charge in [0, 0.05) is 0 Å². The van der Waals surface area contributed by atoms with E-state index in [9.17, 15) is 5.11 Å². The van der Waals surface area contributed by atoms with E-state index in [1.165, 1.54) is 5.57 Å². The monoisotopic (exact) mass is 490 g/mol. The SMILES string of the molecule is C=CC=C1/C(=C\C=C)C(/C(C=C)=C/C=C(\C)C(C)C)(/C(C=C)=C/C=C(\C=C)C(C)(C)O)c2ccccc21. The molecule has 1 nitrogen and oxygen atoms in total. The van der Waals surface area contributed by atoms with E-state index in [1.54, 1.807) is 19.9 Å². The van der Waals surface area contributed by atoms with Gasteiger partial charge in [0.1, 0.15) is 0 Å². The maximum atomic E-state index is 10.7. The Kier molecular flexibility index (Phi) is 10.00. The molecule has 1 atom stereocenters. The molecular formula is C36H42O. The summed E-state index contributed by atoms with van der Waals surface area (Å²) in [6.07, 6.45) is 21.6. The maximum Gasteiger partial charge on any atom is 0.0840 e. The minimum Gasteiger partial charge on any atom is -0.386 e. The predicted octanol–water partition coefficient (Wildman–Crippen LogP) is 9.33. The Labute approximate surface area is 225 Å². The number of hydrogen-bond donors (Lipinski definition) is 1. The van der Waals surface area contributed by atoms with Gasteiger partial charge < -0.3 is 5.11 Å². The summed E-state index contributed by atoms with van der Waals surface area (Å²) in [6.45, 7) is 30.5. The van der Waals surface area contributed by atoms with E-state index in [4.69, 9.17) is 0 Å². The first-order chi connectivity index (χ1) is 17.5. The van der Waals surface area contributed by atoms with Gasteiger partial charge in [0.05, 0.1) is 11.0 Å². The molecule has 192 valence electrons. The molecule has 1 aliphatic rings. The van der Waals surface area contributed by atoms with Gasteiger partial charge in [-0.2, -0.15) is 0 Å². The van der Waals surface area contributed by atoms with Crippen LogP contribution in [0.4, 0.5) is 0 Å². The second-order valence-electron chi connectivity index (χ2n) is 10.0. The van der Waals surface area contributed by atoms with Gasteiger partial charge in [-0.05, 0) is 65.7 Å². The van der Waals surface area contributed by atoms with Gasteiger partial charge in [-0.25, -0.2) is 0 Å². The van der Waals surface area contributed by atoms with E-state index in [0.29, 0.717) is 11.5 Å². The molecule has 0 heterocycles. The van der Waals surface area contributed by atoms with Crippen LogP contribution in [0.15, 0.2) is 152 Å². The van der Waals surface area contributed by atoms with E-state index in [1.807, 2.05) is 42.5 Å². The van der Waals surface area contributed by atoms with Crippen molar-refractivity contribution >= 4 is 5.57 Å². The third kappa shape index (κ3) is 5.84. The molecule has 1 heteroatoms. The van der Waals surface area contributed by atoms with E-state index in [-0.39, 0.29) is 0 Å². The van der Waals surface area contributed by atoms with Crippen LogP contribution in [0.3, 0.4) is 0 Å². The van der Waals surface area contributed by atoms with Crippen LogP contribution in [0.2, 0.25) is 0 Å². The van der Waals surface area contributed by atoms with E-state index in [2.05, 4.69) is 96.2 Å². The lowest BCUT2D eigenvalue weighted by Gasteiger charge is -2.36. The molecule has 1 aromatic carbocycles. The minimum absolute atomic E-state index is 0.424. The van der Waals surface area contributed by atoms with Crippen molar-refractivity contribution in [3.8, 4) is 0 Å². The summed E-state index contributed by atoms with van der Waals surface area (Å²) in [6, 6.07) is 8.42. The number of benzene rings is 1. The predicted molar refractivity (Wildman–Crippen MR) is 164 cm³/mol. The second kappa shape index (κ2) is 12.5. The molecule has 2 rings (SSSR count). The lowest BCUT2D eigenvalue weighted by molar-refractivity contribution is 0.124. The number of rotatable bonds is 11. The first kappa shape index (κ1) is 29.5. The highest BCUT2D eigenvalue weighted by Gasteiger charge is 2.48. The fourth-order valence-electron chi connectivity index (χ4n) is 4.76. The minimum atomic E-state index is -1.03. The zero-order valence-electron chi connectivity index (χ0n) is 23.2. The second-order valence-corrected chi connectivity index (χ2v) is 10.0. The third-order valence-corrected chi connectivity index (χ3v) is 7.00. The summed E-state index contributed by atoms with van der Waals surface area (Å²) in [4.78, 5) is 0. The number of hydrogen-bond acceptors (Lipinski definition) is 1. The molecule has 0 radical (unpaired) electrons. The van der Waals surface area contributed by atoms with Gasteiger partial charge >= 0.3 is 0 Å². The Morgan fingerprint density at radius 2 is 1.41 bits per heavy atom. The molecule has 0 spiro atoms. The normalized spacial score (nSPS) is 21.3. The summed E-state index contributed by atoms with van der Waals surface area (Å²) < 4.78 is 0. The molecule has 1 aliphatic carbocycles. The van der Waals surface area contributed by atoms with Gasteiger partial charge in [-0.15, -0.1) is 0 Å². The molecule has 37 heavy (non-hydrogen) atoms.